The third-order valence-electron chi connectivity index (χ3n) is 5.48. The van der Waals surface area contributed by atoms with Gasteiger partial charge in [-0.3, -0.25) is 9.59 Å². The van der Waals surface area contributed by atoms with E-state index < -0.39 is 0 Å². The van der Waals surface area contributed by atoms with E-state index in [4.69, 9.17) is 9.15 Å². The predicted molar refractivity (Wildman–Crippen MR) is 122 cm³/mol. The summed E-state index contributed by atoms with van der Waals surface area (Å²) in [6, 6.07) is 3.70. The Bertz CT molecular complexity index is 672. The third-order valence-corrected chi connectivity index (χ3v) is 5.48. The molecule has 2 heterocycles. The van der Waals surface area contributed by atoms with Crippen LogP contribution >= 0.6 is 0 Å². The molecule has 2 amide bonds. The van der Waals surface area contributed by atoms with Crippen LogP contribution in [0.2, 0.25) is 0 Å². The second-order valence-corrected chi connectivity index (χ2v) is 10.7. The minimum absolute atomic E-state index is 0.0515. The summed E-state index contributed by atoms with van der Waals surface area (Å²) in [7, 11) is 0. The van der Waals surface area contributed by atoms with Gasteiger partial charge in [0.2, 0.25) is 11.8 Å². The van der Waals surface area contributed by atoms with Gasteiger partial charge in [-0.2, -0.15) is 0 Å². The first-order valence-electron chi connectivity index (χ1n) is 11.7. The summed E-state index contributed by atoms with van der Waals surface area (Å²) in [5.74, 6) is 1.33. The largest absolute Gasteiger partial charge is 0.467 e. The lowest BCUT2D eigenvalue weighted by atomic mass is 9.84. The molecule has 6 nitrogen and oxygen atoms in total. The molecule has 1 saturated heterocycles. The summed E-state index contributed by atoms with van der Waals surface area (Å²) in [5, 5.41) is 0. The van der Waals surface area contributed by atoms with Gasteiger partial charge in [-0.25, -0.2) is 0 Å². The second kappa shape index (κ2) is 11.7. The van der Waals surface area contributed by atoms with Crippen LogP contribution in [-0.4, -0.2) is 54.0 Å². The number of ether oxygens (including phenoxy) is 1. The Labute approximate surface area is 188 Å². The fourth-order valence-corrected chi connectivity index (χ4v) is 4.38. The molecule has 1 aliphatic rings. The highest BCUT2D eigenvalue weighted by molar-refractivity contribution is 5.85. The molecule has 0 saturated carbocycles. The van der Waals surface area contributed by atoms with Crippen LogP contribution in [0.1, 0.15) is 73.0 Å². The Hall–Kier alpha value is -1.82. The maximum absolute atomic E-state index is 13.3. The zero-order valence-electron chi connectivity index (χ0n) is 20.4. The summed E-state index contributed by atoms with van der Waals surface area (Å²) in [6.45, 7) is 15.2. The maximum Gasteiger partial charge on any atom is 0.242 e. The molecule has 1 aromatic heterocycles. The second-order valence-electron chi connectivity index (χ2n) is 10.7. The van der Waals surface area contributed by atoms with Crippen molar-refractivity contribution in [2.24, 2.45) is 17.3 Å². The number of furan rings is 1. The van der Waals surface area contributed by atoms with Crippen molar-refractivity contribution in [2.75, 3.05) is 26.2 Å². The molecule has 1 aromatic rings. The molecule has 1 fully saturated rings. The van der Waals surface area contributed by atoms with Gasteiger partial charge >= 0.3 is 0 Å². The van der Waals surface area contributed by atoms with Crippen molar-refractivity contribution in [3.05, 3.63) is 24.2 Å². The molecule has 1 aliphatic heterocycles. The Morgan fingerprint density at radius 3 is 2.45 bits per heavy atom. The van der Waals surface area contributed by atoms with E-state index in [0.717, 1.165) is 31.6 Å². The molecule has 0 aromatic carbocycles. The van der Waals surface area contributed by atoms with Gasteiger partial charge in [-0.1, -0.05) is 41.5 Å². The molecule has 0 spiro atoms. The lowest BCUT2D eigenvalue weighted by molar-refractivity contribution is -0.142. The zero-order valence-corrected chi connectivity index (χ0v) is 20.4. The van der Waals surface area contributed by atoms with Crippen molar-refractivity contribution in [1.29, 1.82) is 0 Å². The standard InChI is InChI=1S/C25H42N2O4/c1-19(2)15-26(23(28)13-20(3)14-25(4,5)6)18-24(29)27(16-21-9-7-11-30-21)17-22-10-8-12-31-22/h7,9,11,19-20,22H,8,10,12-18H2,1-6H3. The van der Waals surface area contributed by atoms with E-state index in [1.165, 1.54) is 0 Å². The molecule has 31 heavy (non-hydrogen) atoms. The molecule has 0 N–H and O–H groups in total. The summed E-state index contributed by atoms with van der Waals surface area (Å²) in [5.41, 5.74) is 0.180. The van der Waals surface area contributed by atoms with E-state index in [1.807, 2.05) is 12.1 Å². The minimum Gasteiger partial charge on any atom is -0.467 e. The predicted octanol–water partition coefficient (Wildman–Crippen LogP) is 4.73. The zero-order chi connectivity index (χ0) is 23.0. The van der Waals surface area contributed by atoms with Crippen LogP contribution in [0.3, 0.4) is 0 Å². The average Bonchev–Trinajstić information content (AvgIpc) is 3.32. The van der Waals surface area contributed by atoms with Crippen LogP contribution in [0, 0.1) is 17.3 Å². The van der Waals surface area contributed by atoms with Crippen molar-refractivity contribution >= 4 is 11.8 Å². The molecule has 0 aliphatic carbocycles. The highest BCUT2D eigenvalue weighted by atomic mass is 16.5. The average molecular weight is 435 g/mol. The first-order valence-corrected chi connectivity index (χ1v) is 11.7. The Balaban J connectivity index is 2.05. The molecule has 176 valence electrons. The van der Waals surface area contributed by atoms with Gasteiger partial charge < -0.3 is 19.0 Å². The fraction of sp³-hybridized carbons (Fsp3) is 0.760. The Kier molecular flexibility index (Phi) is 9.60. The van der Waals surface area contributed by atoms with Crippen LogP contribution < -0.4 is 0 Å². The quantitative estimate of drug-likeness (QED) is 0.505. The first kappa shape index (κ1) is 25.4. The Morgan fingerprint density at radius 1 is 1.16 bits per heavy atom. The van der Waals surface area contributed by atoms with E-state index in [2.05, 4.69) is 41.5 Å². The van der Waals surface area contributed by atoms with Gasteiger partial charge in [-0.15, -0.1) is 0 Å². The van der Waals surface area contributed by atoms with Crippen LogP contribution in [0.15, 0.2) is 22.8 Å². The highest BCUT2D eigenvalue weighted by Gasteiger charge is 2.27. The van der Waals surface area contributed by atoms with Gasteiger partial charge in [0, 0.05) is 26.1 Å². The van der Waals surface area contributed by atoms with Gasteiger partial charge in [-0.05, 0) is 48.6 Å². The van der Waals surface area contributed by atoms with E-state index in [9.17, 15) is 9.59 Å². The fourth-order valence-electron chi connectivity index (χ4n) is 4.38. The summed E-state index contributed by atoms with van der Waals surface area (Å²) < 4.78 is 11.2. The lowest BCUT2D eigenvalue weighted by Crippen LogP contribution is -2.46. The molecule has 0 radical (unpaired) electrons. The smallest absolute Gasteiger partial charge is 0.242 e. The minimum atomic E-state index is -0.0515. The summed E-state index contributed by atoms with van der Waals surface area (Å²) in [6.07, 6.45) is 5.11. The van der Waals surface area contributed by atoms with Crippen molar-refractivity contribution in [1.82, 2.24) is 9.80 Å². The van der Waals surface area contributed by atoms with Crippen LogP contribution in [0.4, 0.5) is 0 Å². The number of hydrogen-bond donors (Lipinski definition) is 0. The molecule has 2 atom stereocenters. The molecular formula is C25H42N2O4. The van der Waals surface area contributed by atoms with Crippen molar-refractivity contribution in [3.63, 3.8) is 0 Å². The van der Waals surface area contributed by atoms with Crippen molar-refractivity contribution in [3.8, 4) is 0 Å². The summed E-state index contributed by atoms with van der Waals surface area (Å²) >= 11 is 0. The number of rotatable bonds is 11. The van der Waals surface area contributed by atoms with E-state index >= 15 is 0 Å². The molecule has 0 bridgehead atoms. The lowest BCUT2D eigenvalue weighted by Gasteiger charge is -2.31. The first-order chi connectivity index (χ1) is 14.5. The molecular weight excluding hydrogens is 392 g/mol. The van der Waals surface area contributed by atoms with Crippen LogP contribution in [0.25, 0.3) is 0 Å². The van der Waals surface area contributed by atoms with E-state index in [0.29, 0.717) is 32.0 Å². The third kappa shape index (κ3) is 9.46. The summed E-state index contributed by atoms with van der Waals surface area (Å²) in [4.78, 5) is 29.9. The van der Waals surface area contributed by atoms with Gasteiger partial charge in [0.05, 0.1) is 25.5 Å². The number of nitrogens with zero attached hydrogens (tertiary/aromatic N) is 2. The van der Waals surface area contributed by atoms with Crippen LogP contribution in [0.5, 0.6) is 0 Å². The normalized spacial score (nSPS) is 17.7. The van der Waals surface area contributed by atoms with Gasteiger partial charge in [0.1, 0.15) is 5.76 Å². The monoisotopic (exact) mass is 434 g/mol. The van der Waals surface area contributed by atoms with Crippen molar-refractivity contribution in [2.45, 2.75) is 79.9 Å². The number of amides is 2. The number of hydrogen-bond acceptors (Lipinski definition) is 4. The van der Waals surface area contributed by atoms with E-state index in [1.54, 1.807) is 16.1 Å². The van der Waals surface area contributed by atoms with Gasteiger partial charge in [0.25, 0.3) is 0 Å². The SMILES string of the molecule is CC(C)CN(CC(=O)N(Cc1ccco1)CC1CCCO1)C(=O)CC(C)CC(C)(C)C. The maximum atomic E-state index is 13.3. The Morgan fingerprint density at radius 2 is 1.90 bits per heavy atom. The molecule has 2 unspecified atom stereocenters. The number of carbonyl (C=O) groups excluding carboxylic acids is 2. The molecule has 2 rings (SSSR count). The van der Waals surface area contributed by atoms with Gasteiger partial charge in [0.15, 0.2) is 0 Å². The topological polar surface area (TPSA) is 63.0 Å². The van der Waals surface area contributed by atoms with Crippen LogP contribution in [-0.2, 0) is 20.9 Å². The molecule has 6 heteroatoms. The number of carbonyl (C=O) groups is 2. The van der Waals surface area contributed by atoms with E-state index in [-0.39, 0.29) is 35.8 Å². The highest BCUT2D eigenvalue weighted by Crippen LogP contribution is 2.26. The van der Waals surface area contributed by atoms with Crippen molar-refractivity contribution < 1.29 is 18.7 Å².